The summed E-state index contributed by atoms with van der Waals surface area (Å²) >= 11 is 6.05. The first kappa shape index (κ1) is 11.2. The van der Waals surface area contributed by atoms with Crippen LogP contribution in [0.1, 0.15) is 17.0 Å². The monoisotopic (exact) mass is 230 g/mol. The van der Waals surface area contributed by atoms with Crippen molar-refractivity contribution >= 4 is 11.6 Å². The van der Waals surface area contributed by atoms with Crippen LogP contribution in [0.2, 0.25) is 0 Å². The van der Waals surface area contributed by atoms with E-state index >= 15 is 0 Å². The number of halogens is 1. The fraction of sp³-hybridized carbons (Fsp3) is 0.200. The van der Waals surface area contributed by atoms with E-state index in [1.54, 1.807) is 0 Å². The van der Waals surface area contributed by atoms with Crippen LogP contribution in [-0.4, -0.2) is 5.88 Å². The summed E-state index contributed by atoms with van der Waals surface area (Å²) in [6.45, 7) is 0. The zero-order valence-corrected chi connectivity index (χ0v) is 9.90. The van der Waals surface area contributed by atoms with Crippen molar-refractivity contribution in [1.29, 1.82) is 0 Å². The van der Waals surface area contributed by atoms with Gasteiger partial charge < -0.3 is 0 Å². The van der Waals surface area contributed by atoms with Crippen molar-refractivity contribution in [2.75, 3.05) is 5.88 Å². The summed E-state index contributed by atoms with van der Waals surface area (Å²) in [6, 6.07) is 21.0. The van der Waals surface area contributed by atoms with Crippen LogP contribution in [0.25, 0.3) is 0 Å². The maximum atomic E-state index is 6.05. The van der Waals surface area contributed by atoms with E-state index in [1.165, 1.54) is 11.1 Å². The average molecular weight is 231 g/mol. The summed E-state index contributed by atoms with van der Waals surface area (Å²) in [4.78, 5) is 0. The van der Waals surface area contributed by atoms with Crippen LogP contribution < -0.4 is 0 Å². The Morgan fingerprint density at radius 2 is 1.38 bits per heavy atom. The van der Waals surface area contributed by atoms with Gasteiger partial charge in [0.25, 0.3) is 0 Å². The van der Waals surface area contributed by atoms with E-state index in [2.05, 4.69) is 48.5 Å². The number of rotatable bonds is 4. The molecule has 0 saturated carbocycles. The highest BCUT2D eigenvalue weighted by molar-refractivity contribution is 6.18. The third-order valence-corrected chi connectivity index (χ3v) is 3.15. The molecule has 1 heteroatoms. The molecule has 0 N–H and O–H groups in total. The Hall–Kier alpha value is -1.27. The molecule has 2 rings (SSSR count). The molecule has 0 fully saturated rings. The maximum Gasteiger partial charge on any atom is 0.0295 e. The fourth-order valence-corrected chi connectivity index (χ4v) is 2.17. The SMILES string of the molecule is ClC[C@H](Cc1ccccc1)c1ccccc1. The summed E-state index contributed by atoms with van der Waals surface area (Å²) in [6.07, 6.45) is 1.01. The molecule has 0 heterocycles. The van der Waals surface area contributed by atoms with Gasteiger partial charge in [-0.3, -0.25) is 0 Å². The Balaban J connectivity index is 2.13. The van der Waals surface area contributed by atoms with E-state index in [9.17, 15) is 0 Å². The molecule has 0 aliphatic heterocycles. The molecule has 0 bridgehead atoms. The third kappa shape index (κ3) is 2.86. The van der Waals surface area contributed by atoms with Crippen LogP contribution in [0.3, 0.4) is 0 Å². The first-order valence-corrected chi connectivity index (χ1v) is 6.08. The van der Waals surface area contributed by atoms with Crippen LogP contribution in [0, 0.1) is 0 Å². The Kier molecular flexibility index (Phi) is 4.01. The summed E-state index contributed by atoms with van der Waals surface area (Å²) in [7, 11) is 0. The smallest absolute Gasteiger partial charge is 0.0295 e. The lowest BCUT2D eigenvalue weighted by atomic mass is 9.94. The molecule has 0 aliphatic rings. The Morgan fingerprint density at radius 3 is 1.94 bits per heavy atom. The fourth-order valence-electron chi connectivity index (χ4n) is 1.89. The van der Waals surface area contributed by atoms with Crippen molar-refractivity contribution in [2.45, 2.75) is 12.3 Å². The Morgan fingerprint density at radius 1 is 0.812 bits per heavy atom. The van der Waals surface area contributed by atoms with Gasteiger partial charge >= 0.3 is 0 Å². The predicted molar refractivity (Wildman–Crippen MR) is 70.0 cm³/mol. The largest absolute Gasteiger partial charge is 0.126 e. The van der Waals surface area contributed by atoms with Crippen LogP contribution in [-0.2, 0) is 6.42 Å². The van der Waals surface area contributed by atoms with Crippen molar-refractivity contribution in [3.8, 4) is 0 Å². The topological polar surface area (TPSA) is 0 Å². The van der Waals surface area contributed by atoms with Gasteiger partial charge in [0, 0.05) is 11.8 Å². The molecule has 2 aromatic rings. The minimum absolute atomic E-state index is 0.408. The molecule has 0 saturated heterocycles. The van der Waals surface area contributed by atoms with E-state index in [1.807, 2.05) is 12.1 Å². The molecule has 0 radical (unpaired) electrons. The third-order valence-electron chi connectivity index (χ3n) is 2.78. The van der Waals surface area contributed by atoms with Crippen molar-refractivity contribution in [3.63, 3.8) is 0 Å². The second kappa shape index (κ2) is 5.72. The zero-order chi connectivity index (χ0) is 11.2. The first-order chi connectivity index (χ1) is 7.90. The average Bonchev–Trinajstić information content (AvgIpc) is 2.38. The molecule has 0 aliphatic carbocycles. The van der Waals surface area contributed by atoms with Gasteiger partial charge in [-0.2, -0.15) is 0 Å². The van der Waals surface area contributed by atoms with Crippen LogP contribution >= 0.6 is 11.6 Å². The van der Waals surface area contributed by atoms with Gasteiger partial charge in [0.05, 0.1) is 0 Å². The molecule has 0 aromatic heterocycles. The van der Waals surface area contributed by atoms with E-state index in [0.29, 0.717) is 11.8 Å². The Labute approximate surface area is 102 Å². The van der Waals surface area contributed by atoms with Crippen LogP contribution in [0.4, 0.5) is 0 Å². The summed E-state index contributed by atoms with van der Waals surface area (Å²) in [5, 5.41) is 0. The van der Waals surface area contributed by atoms with E-state index in [4.69, 9.17) is 11.6 Å². The van der Waals surface area contributed by atoms with Crippen molar-refractivity contribution in [1.82, 2.24) is 0 Å². The maximum absolute atomic E-state index is 6.05. The molecule has 1 atom stereocenters. The number of hydrogen-bond acceptors (Lipinski definition) is 0. The van der Waals surface area contributed by atoms with Gasteiger partial charge in [0.2, 0.25) is 0 Å². The highest BCUT2D eigenvalue weighted by Gasteiger charge is 2.10. The first-order valence-electron chi connectivity index (χ1n) is 5.55. The molecule has 0 spiro atoms. The van der Waals surface area contributed by atoms with Gasteiger partial charge in [0.1, 0.15) is 0 Å². The quantitative estimate of drug-likeness (QED) is 0.689. The minimum Gasteiger partial charge on any atom is -0.126 e. The Bertz CT molecular complexity index is 408. The van der Waals surface area contributed by atoms with E-state index in [-0.39, 0.29) is 0 Å². The zero-order valence-electron chi connectivity index (χ0n) is 9.14. The van der Waals surface area contributed by atoms with Crippen molar-refractivity contribution in [2.24, 2.45) is 0 Å². The second-order valence-corrected chi connectivity index (χ2v) is 4.26. The van der Waals surface area contributed by atoms with Crippen LogP contribution in [0.5, 0.6) is 0 Å². The molecule has 0 unspecified atom stereocenters. The minimum atomic E-state index is 0.408. The predicted octanol–water partition coefficient (Wildman–Crippen LogP) is 4.25. The van der Waals surface area contributed by atoms with Crippen molar-refractivity contribution in [3.05, 3.63) is 71.8 Å². The van der Waals surface area contributed by atoms with Gasteiger partial charge in [0.15, 0.2) is 0 Å². The van der Waals surface area contributed by atoms with Gasteiger partial charge in [-0.25, -0.2) is 0 Å². The molecule has 0 amide bonds. The molecule has 82 valence electrons. The highest BCUT2D eigenvalue weighted by atomic mass is 35.5. The molecular weight excluding hydrogens is 216 g/mol. The molecule has 16 heavy (non-hydrogen) atoms. The lowest BCUT2D eigenvalue weighted by Gasteiger charge is -2.14. The van der Waals surface area contributed by atoms with Gasteiger partial charge in [-0.05, 0) is 17.5 Å². The summed E-state index contributed by atoms with van der Waals surface area (Å²) < 4.78 is 0. The van der Waals surface area contributed by atoms with Gasteiger partial charge in [-0.1, -0.05) is 60.7 Å². The van der Waals surface area contributed by atoms with Crippen molar-refractivity contribution < 1.29 is 0 Å². The summed E-state index contributed by atoms with van der Waals surface area (Å²) in [5.41, 5.74) is 2.67. The summed E-state index contributed by atoms with van der Waals surface area (Å²) in [5.74, 6) is 1.07. The highest BCUT2D eigenvalue weighted by Crippen LogP contribution is 2.21. The molecular formula is C15H15Cl. The normalized spacial score (nSPS) is 12.3. The number of hydrogen-bond donors (Lipinski definition) is 0. The lowest BCUT2D eigenvalue weighted by molar-refractivity contribution is 0.766. The number of alkyl halides is 1. The lowest BCUT2D eigenvalue weighted by Crippen LogP contribution is -2.04. The van der Waals surface area contributed by atoms with Gasteiger partial charge in [-0.15, -0.1) is 11.6 Å². The number of benzene rings is 2. The molecule has 0 nitrogen and oxygen atoms in total. The standard InChI is InChI=1S/C15H15Cl/c16-12-15(14-9-5-2-6-10-14)11-13-7-3-1-4-8-13/h1-10,15H,11-12H2/t15-/m0/s1. The second-order valence-electron chi connectivity index (χ2n) is 3.95. The van der Waals surface area contributed by atoms with Crippen LogP contribution in [0.15, 0.2) is 60.7 Å². The molecule has 2 aromatic carbocycles. The van der Waals surface area contributed by atoms with E-state index in [0.717, 1.165) is 6.42 Å². The van der Waals surface area contributed by atoms with E-state index < -0.39 is 0 Å².